The lowest BCUT2D eigenvalue weighted by Crippen LogP contribution is -2.22. The summed E-state index contributed by atoms with van der Waals surface area (Å²) < 4.78 is 2.04. The van der Waals surface area contributed by atoms with Crippen LogP contribution in [0.15, 0.2) is 12.4 Å². The van der Waals surface area contributed by atoms with Gasteiger partial charge in [-0.25, -0.2) is 4.98 Å². The zero-order valence-electron chi connectivity index (χ0n) is 10.1. The van der Waals surface area contributed by atoms with Crippen molar-refractivity contribution in [3.63, 3.8) is 0 Å². The summed E-state index contributed by atoms with van der Waals surface area (Å²) >= 11 is 0. The van der Waals surface area contributed by atoms with Crippen molar-refractivity contribution in [3.8, 4) is 11.4 Å². The fourth-order valence-electron chi connectivity index (χ4n) is 2.55. The molecule has 0 aromatic carbocycles. The smallest absolute Gasteiger partial charge is 0.306 e. The Bertz CT molecular complexity index is 585. The van der Waals surface area contributed by atoms with E-state index in [1.54, 1.807) is 12.4 Å². The lowest BCUT2D eigenvalue weighted by atomic mass is 9.90. The molecule has 6 heteroatoms. The lowest BCUT2D eigenvalue weighted by Gasteiger charge is -2.18. The van der Waals surface area contributed by atoms with Gasteiger partial charge in [-0.3, -0.25) is 9.89 Å². The molecule has 0 spiro atoms. The number of aliphatic carboxylic acids is 1. The maximum Gasteiger partial charge on any atom is 0.306 e. The number of fused-ring (bicyclic) bond motifs is 1. The Morgan fingerprint density at radius 3 is 3.11 bits per heavy atom. The van der Waals surface area contributed by atoms with E-state index in [2.05, 4.69) is 15.2 Å². The Morgan fingerprint density at radius 2 is 2.44 bits per heavy atom. The summed E-state index contributed by atoms with van der Waals surface area (Å²) in [6.07, 6.45) is 5.50. The van der Waals surface area contributed by atoms with Crippen LogP contribution < -0.4 is 0 Å². The van der Waals surface area contributed by atoms with E-state index in [9.17, 15) is 4.79 Å². The molecule has 1 unspecified atom stereocenters. The minimum atomic E-state index is -0.726. The van der Waals surface area contributed by atoms with Crippen molar-refractivity contribution in [2.45, 2.75) is 19.3 Å². The van der Waals surface area contributed by atoms with Crippen LogP contribution in [-0.2, 0) is 24.7 Å². The van der Waals surface area contributed by atoms with Gasteiger partial charge in [-0.15, -0.1) is 0 Å². The summed E-state index contributed by atoms with van der Waals surface area (Å²) in [5.41, 5.74) is 2.98. The Labute approximate surface area is 104 Å². The molecule has 18 heavy (non-hydrogen) atoms. The predicted molar refractivity (Wildman–Crippen MR) is 63.9 cm³/mol. The number of hydrogen-bond acceptors (Lipinski definition) is 3. The Kier molecular flexibility index (Phi) is 2.43. The highest BCUT2D eigenvalue weighted by Crippen LogP contribution is 2.29. The predicted octanol–water partition coefficient (Wildman–Crippen LogP) is 1.000. The summed E-state index contributed by atoms with van der Waals surface area (Å²) in [5.74, 6) is -0.180. The maximum absolute atomic E-state index is 11.0. The van der Waals surface area contributed by atoms with E-state index >= 15 is 0 Å². The Hall–Kier alpha value is -2.11. The van der Waals surface area contributed by atoms with Crippen molar-refractivity contribution in [1.82, 2.24) is 19.7 Å². The van der Waals surface area contributed by atoms with Crippen LogP contribution in [-0.4, -0.2) is 30.8 Å². The molecule has 2 aromatic heterocycles. The molecule has 0 radical (unpaired) electrons. The van der Waals surface area contributed by atoms with Crippen LogP contribution in [0.4, 0.5) is 0 Å². The van der Waals surface area contributed by atoms with Gasteiger partial charge in [-0.05, 0) is 12.8 Å². The molecule has 0 fully saturated rings. The van der Waals surface area contributed by atoms with Crippen molar-refractivity contribution in [3.05, 3.63) is 23.8 Å². The van der Waals surface area contributed by atoms with Gasteiger partial charge in [0.2, 0.25) is 0 Å². The highest BCUT2D eigenvalue weighted by Gasteiger charge is 2.28. The van der Waals surface area contributed by atoms with Gasteiger partial charge in [0.05, 0.1) is 23.4 Å². The van der Waals surface area contributed by atoms with Gasteiger partial charge in [0, 0.05) is 25.4 Å². The largest absolute Gasteiger partial charge is 0.481 e. The molecule has 1 atom stereocenters. The molecule has 1 aliphatic rings. The highest BCUT2D eigenvalue weighted by atomic mass is 16.4. The molecule has 1 aliphatic carbocycles. The summed E-state index contributed by atoms with van der Waals surface area (Å²) in [6, 6.07) is 0. The van der Waals surface area contributed by atoms with E-state index in [4.69, 9.17) is 5.11 Å². The number of carboxylic acids is 1. The number of nitrogens with one attached hydrogen (secondary N) is 1. The van der Waals surface area contributed by atoms with E-state index in [0.29, 0.717) is 12.8 Å². The highest BCUT2D eigenvalue weighted by molar-refractivity contribution is 5.71. The van der Waals surface area contributed by atoms with Gasteiger partial charge >= 0.3 is 5.97 Å². The summed E-state index contributed by atoms with van der Waals surface area (Å²) in [6.45, 7) is 0. The van der Waals surface area contributed by atoms with E-state index < -0.39 is 5.97 Å². The molecule has 0 bridgehead atoms. The van der Waals surface area contributed by atoms with Gasteiger partial charge in [-0.1, -0.05) is 0 Å². The minimum Gasteiger partial charge on any atom is -0.481 e. The topological polar surface area (TPSA) is 83.8 Å². The fraction of sp³-hybridized carbons (Fsp3) is 0.417. The Balaban J connectivity index is 2.00. The average Bonchev–Trinajstić information content (AvgIpc) is 2.97. The molecule has 2 heterocycles. The van der Waals surface area contributed by atoms with Crippen LogP contribution in [0.2, 0.25) is 0 Å². The molecule has 94 valence electrons. The van der Waals surface area contributed by atoms with E-state index in [1.807, 2.05) is 11.6 Å². The quantitative estimate of drug-likeness (QED) is 0.828. The van der Waals surface area contributed by atoms with Gasteiger partial charge in [-0.2, -0.15) is 5.10 Å². The Morgan fingerprint density at radius 1 is 1.61 bits per heavy atom. The van der Waals surface area contributed by atoms with Crippen molar-refractivity contribution in [1.29, 1.82) is 0 Å². The van der Waals surface area contributed by atoms with Crippen molar-refractivity contribution >= 4 is 5.97 Å². The molecule has 3 rings (SSSR count). The third kappa shape index (κ3) is 1.61. The average molecular weight is 246 g/mol. The second kappa shape index (κ2) is 3.97. The zero-order chi connectivity index (χ0) is 12.7. The van der Waals surface area contributed by atoms with Crippen LogP contribution in [0.3, 0.4) is 0 Å². The summed E-state index contributed by atoms with van der Waals surface area (Å²) in [5, 5.41) is 15.8. The molecule has 0 aliphatic heterocycles. The fourth-order valence-corrected chi connectivity index (χ4v) is 2.55. The van der Waals surface area contributed by atoms with E-state index in [1.165, 1.54) is 0 Å². The van der Waals surface area contributed by atoms with Crippen LogP contribution in [0, 0.1) is 5.92 Å². The first-order valence-electron chi connectivity index (χ1n) is 5.93. The number of hydrogen-bond donors (Lipinski definition) is 2. The number of carbonyl (C=O) groups is 1. The summed E-state index contributed by atoms with van der Waals surface area (Å²) in [7, 11) is 1.97. The summed E-state index contributed by atoms with van der Waals surface area (Å²) in [4.78, 5) is 15.6. The first kappa shape index (κ1) is 11.0. The molecule has 6 nitrogen and oxygen atoms in total. The maximum atomic E-state index is 11.0. The van der Waals surface area contributed by atoms with Gasteiger partial charge in [0.1, 0.15) is 5.82 Å². The number of aromatic nitrogens is 4. The zero-order valence-corrected chi connectivity index (χ0v) is 10.1. The first-order chi connectivity index (χ1) is 8.66. The second-order valence-corrected chi connectivity index (χ2v) is 4.65. The number of rotatable bonds is 2. The van der Waals surface area contributed by atoms with Gasteiger partial charge in [0.15, 0.2) is 0 Å². The van der Waals surface area contributed by atoms with Crippen molar-refractivity contribution in [2.75, 3.05) is 0 Å². The van der Waals surface area contributed by atoms with Gasteiger partial charge < -0.3 is 9.67 Å². The standard InChI is InChI=1S/C12H14N4O2/c1-16-10-3-2-7(12(17)18)4-9(10)15-11(16)8-5-13-14-6-8/h5-7H,2-4H2,1H3,(H,13,14)(H,17,18). The van der Waals surface area contributed by atoms with E-state index in [-0.39, 0.29) is 5.92 Å². The van der Waals surface area contributed by atoms with Crippen LogP contribution in [0.1, 0.15) is 17.8 Å². The van der Waals surface area contributed by atoms with Crippen LogP contribution in [0.25, 0.3) is 11.4 Å². The second-order valence-electron chi connectivity index (χ2n) is 4.65. The van der Waals surface area contributed by atoms with E-state index in [0.717, 1.165) is 29.2 Å². The van der Waals surface area contributed by atoms with Crippen LogP contribution in [0.5, 0.6) is 0 Å². The number of imidazole rings is 1. The van der Waals surface area contributed by atoms with Crippen molar-refractivity contribution < 1.29 is 9.90 Å². The number of aromatic amines is 1. The molecule has 0 saturated carbocycles. The normalized spacial score (nSPS) is 18.6. The van der Waals surface area contributed by atoms with Crippen LogP contribution >= 0.6 is 0 Å². The monoisotopic (exact) mass is 246 g/mol. The number of nitrogens with zero attached hydrogens (tertiary/aromatic N) is 3. The van der Waals surface area contributed by atoms with Gasteiger partial charge in [0.25, 0.3) is 0 Å². The minimum absolute atomic E-state index is 0.301. The molecule has 0 amide bonds. The molecular weight excluding hydrogens is 232 g/mol. The van der Waals surface area contributed by atoms with Crippen molar-refractivity contribution in [2.24, 2.45) is 13.0 Å². The number of H-pyrrole nitrogens is 1. The molecule has 2 aromatic rings. The number of carboxylic acid groups (broad SMARTS) is 1. The SMILES string of the molecule is Cn1c(-c2cn[nH]c2)nc2c1CCC(C(=O)O)C2. The third-order valence-electron chi connectivity index (χ3n) is 3.57. The molecule has 0 saturated heterocycles. The lowest BCUT2D eigenvalue weighted by molar-refractivity contribution is -0.142. The molecule has 2 N–H and O–H groups in total. The first-order valence-corrected chi connectivity index (χ1v) is 5.93. The third-order valence-corrected chi connectivity index (χ3v) is 3.57. The molecular formula is C12H14N4O2.